The average molecular weight is 513 g/mol. The molecule has 192 valence electrons. The van der Waals surface area contributed by atoms with Crippen LogP contribution in [0.1, 0.15) is 58.8 Å². The van der Waals surface area contributed by atoms with E-state index in [1.807, 2.05) is 17.0 Å². The molecule has 0 radical (unpaired) electrons. The first kappa shape index (κ1) is 25.9. The van der Waals surface area contributed by atoms with Crippen molar-refractivity contribution < 1.29 is 14.7 Å². The lowest BCUT2D eigenvalue weighted by atomic mass is 9.99. The SMILES string of the molecule is CCCCCn1c(N2CCC[C@H]2C(=O)CCC(C)C(=O)O)cc(=O)n2cc(-c3ccc(Cl)cc3)nc12. The van der Waals surface area contributed by atoms with Crippen LogP contribution in [0.2, 0.25) is 5.02 Å². The summed E-state index contributed by atoms with van der Waals surface area (Å²) in [5.41, 5.74) is 1.35. The van der Waals surface area contributed by atoms with Crippen LogP contribution in [-0.4, -0.2) is 43.4 Å². The van der Waals surface area contributed by atoms with Crippen LogP contribution in [0.3, 0.4) is 0 Å². The number of hydrogen-bond acceptors (Lipinski definition) is 5. The van der Waals surface area contributed by atoms with Crippen molar-refractivity contribution in [3.8, 4) is 11.3 Å². The summed E-state index contributed by atoms with van der Waals surface area (Å²) >= 11 is 6.05. The maximum Gasteiger partial charge on any atom is 0.306 e. The minimum Gasteiger partial charge on any atom is -0.481 e. The molecule has 8 nitrogen and oxygen atoms in total. The topological polar surface area (TPSA) is 96.9 Å². The third-order valence-electron chi connectivity index (χ3n) is 6.98. The molecule has 1 aliphatic heterocycles. The molecule has 0 amide bonds. The normalized spacial score (nSPS) is 16.5. The summed E-state index contributed by atoms with van der Waals surface area (Å²) < 4.78 is 3.63. The lowest BCUT2D eigenvalue weighted by Crippen LogP contribution is -2.39. The van der Waals surface area contributed by atoms with Crippen LogP contribution in [0.4, 0.5) is 5.82 Å². The van der Waals surface area contributed by atoms with Crippen molar-refractivity contribution in [1.82, 2.24) is 14.0 Å². The number of nitrogens with zero attached hydrogens (tertiary/aromatic N) is 4. The van der Waals surface area contributed by atoms with Gasteiger partial charge in [0.05, 0.1) is 17.7 Å². The molecule has 1 fully saturated rings. The zero-order valence-electron chi connectivity index (χ0n) is 20.8. The first-order chi connectivity index (χ1) is 17.3. The van der Waals surface area contributed by atoms with Crippen molar-refractivity contribution in [3.05, 3.63) is 51.9 Å². The van der Waals surface area contributed by atoms with E-state index in [1.165, 1.54) is 0 Å². The minimum atomic E-state index is -0.892. The monoisotopic (exact) mass is 512 g/mol. The molecule has 2 aromatic heterocycles. The maximum absolute atomic E-state index is 13.2. The Morgan fingerprint density at radius 1 is 1.22 bits per heavy atom. The van der Waals surface area contributed by atoms with Crippen LogP contribution in [0.5, 0.6) is 0 Å². The van der Waals surface area contributed by atoms with Gasteiger partial charge in [-0.25, -0.2) is 4.98 Å². The number of aliphatic carboxylic acids is 1. The summed E-state index contributed by atoms with van der Waals surface area (Å²) in [6, 6.07) is 8.60. The van der Waals surface area contributed by atoms with Gasteiger partial charge in [-0.05, 0) is 37.8 Å². The van der Waals surface area contributed by atoms with Crippen LogP contribution in [0.15, 0.2) is 41.3 Å². The number of rotatable bonds is 11. The average Bonchev–Trinajstić information content (AvgIpc) is 3.52. The predicted octanol–water partition coefficient (Wildman–Crippen LogP) is 5.05. The smallest absolute Gasteiger partial charge is 0.306 e. The number of carbonyl (C=O) groups excluding carboxylic acids is 1. The van der Waals surface area contributed by atoms with Gasteiger partial charge >= 0.3 is 5.97 Å². The maximum atomic E-state index is 13.2. The van der Waals surface area contributed by atoms with Crippen LogP contribution in [0, 0.1) is 5.92 Å². The Kier molecular flexibility index (Phi) is 8.14. The zero-order valence-corrected chi connectivity index (χ0v) is 21.6. The number of hydrogen-bond donors (Lipinski definition) is 1. The second kappa shape index (κ2) is 11.3. The number of aromatic nitrogens is 3. The molecular formula is C27H33ClN4O4. The molecule has 1 N–H and O–H groups in total. The molecule has 2 atom stereocenters. The zero-order chi connectivity index (χ0) is 25.8. The van der Waals surface area contributed by atoms with Gasteiger partial charge < -0.3 is 10.0 Å². The summed E-state index contributed by atoms with van der Waals surface area (Å²) in [5.74, 6) is -0.172. The van der Waals surface area contributed by atoms with E-state index >= 15 is 0 Å². The van der Waals surface area contributed by atoms with Gasteiger partial charge in [0.25, 0.3) is 5.56 Å². The van der Waals surface area contributed by atoms with Crippen molar-refractivity contribution in [2.45, 2.75) is 71.4 Å². The van der Waals surface area contributed by atoms with Crippen LogP contribution >= 0.6 is 11.6 Å². The third-order valence-corrected chi connectivity index (χ3v) is 7.24. The molecule has 0 spiro atoms. The number of carbonyl (C=O) groups is 2. The molecule has 1 aliphatic rings. The van der Waals surface area contributed by atoms with Crippen LogP contribution in [0.25, 0.3) is 17.0 Å². The largest absolute Gasteiger partial charge is 0.481 e. The number of anilines is 1. The number of unbranched alkanes of at least 4 members (excludes halogenated alkanes) is 2. The molecular weight excluding hydrogens is 480 g/mol. The van der Waals surface area contributed by atoms with E-state index in [1.54, 1.807) is 35.7 Å². The Morgan fingerprint density at radius 3 is 2.67 bits per heavy atom. The molecule has 3 aromatic rings. The first-order valence-corrected chi connectivity index (χ1v) is 13.1. The Hall–Kier alpha value is -3.13. The molecule has 1 saturated heterocycles. The van der Waals surface area contributed by atoms with Crippen molar-refractivity contribution >= 4 is 34.9 Å². The van der Waals surface area contributed by atoms with Gasteiger partial charge in [0.15, 0.2) is 5.78 Å². The summed E-state index contributed by atoms with van der Waals surface area (Å²) in [4.78, 5) is 44.4. The van der Waals surface area contributed by atoms with Crippen molar-refractivity contribution in [2.24, 2.45) is 5.92 Å². The van der Waals surface area contributed by atoms with Crippen molar-refractivity contribution in [1.29, 1.82) is 0 Å². The summed E-state index contributed by atoms with van der Waals surface area (Å²) in [7, 11) is 0. The minimum absolute atomic E-state index is 0.0261. The van der Waals surface area contributed by atoms with E-state index in [0.717, 1.165) is 31.2 Å². The van der Waals surface area contributed by atoms with Crippen LogP contribution < -0.4 is 10.5 Å². The number of ketones is 1. The molecule has 0 bridgehead atoms. The van der Waals surface area contributed by atoms with E-state index in [4.69, 9.17) is 16.6 Å². The number of carboxylic acids is 1. The second-order valence-corrected chi connectivity index (χ2v) is 10.0. The molecule has 0 saturated carbocycles. The number of carboxylic acid groups (broad SMARTS) is 1. The lowest BCUT2D eigenvalue weighted by Gasteiger charge is -2.29. The summed E-state index contributed by atoms with van der Waals surface area (Å²) in [6.45, 7) is 5.11. The number of aryl methyl sites for hydroxylation is 1. The quantitative estimate of drug-likeness (QED) is 0.361. The fraction of sp³-hybridized carbons (Fsp3) is 0.481. The van der Waals surface area contributed by atoms with Gasteiger partial charge in [0, 0.05) is 42.4 Å². The van der Waals surface area contributed by atoms with Gasteiger partial charge in [-0.1, -0.05) is 50.4 Å². The number of benzene rings is 1. The highest BCUT2D eigenvalue weighted by atomic mass is 35.5. The van der Waals surface area contributed by atoms with Crippen molar-refractivity contribution in [2.75, 3.05) is 11.4 Å². The molecule has 0 aliphatic carbocycles. The molecule has 1 unspecified atom stereocenters. The number of halogens is 1. The Bertz CT molecular complexity index is 1300. The molecule has 1 aromatic carbocycles. The van der Waals surface area contributed by atoms with Gasteiger partial charge in [-0.15, -0.1) is 0 Å². The standard InChI is InChI=1S/C27H33ClN4O4/c1-3-4-5-14-31-24(30-15-6-7-22(30)23(33)13-8-18(2)26(35)36)16-25(34)32-17-21(29-27(31)32)19-9-11-20(28)12-10-19/h9-12,16-18,22H,3-8,13-15H2,1-2H3,(H,35,36)/t18?,22-/m0/s1. The predicted molar refractivity (Wildman–Crippen MR) is 141 cm³/mol. The molecule has 4 rings (SSSR count). The highest BCUT2D eigenvalue weighted by Crippen LogP contribution is 2.29. The number of Topliss-reactive ketones (excluding diaryl/α,β-unsaturated/α-hetero) is 1. The highest BCUT2D eigenvalue weighted by Gasteiger charge is 2.33. The molecule has 3 heterocycles. The summed E-state index contributed by atoms with van der Waals surface area (Å²) in [6.07, 6.45) is 6.82. The molecule has 9 heteroatoms. The van der Waals surface area contributed by atoms with Crippen molar-refractivity contribution in [3.63, 3.8) is 0 Å². The third kappa shape index (κ3) is 5.48. The number of imidazole rings is 1. The van der Waals surface area contributed by atoms with Crippen LogP contribution in [-0.2, 0) is 16.1 Å². The fourth-order valence-corrected chi connectivity index (χ4v) is 4.97. The van der Waals surface area contributed by atoms with E-state index in [-0.39, 0.29) is 23.8 Å². The Morgan fingerprint density at radius 2 is 1.97 bits per heavy atom. The van der Waals surface area contributed by atoms with E-state index in [2.05, 4.69) is 11.5 Å². The first-order valence-electron chi connectivity index (χ1n) is 12.7. The number of fused-ring (bicyclic) bond motifs is 1. The van der Waals surface area contributed by atoms with Gasteiger partial charge in [-0.2, -0.15) is 0 Å². The molecule has 36 heavy (non-hydrogen) atoms. The van der Waals surface area contributed by atoms with E-state index in [9.17, 15) is 19.5 Å². The fourth-order valence-electron chi connectivity index (χ4n) is 4.84. The van der Waals surface area contributed by atoms with Gasteiger partial charge in [0.1, 0.15) is 5.82 Å². The summed E-state index contributed by atoms with van der Waals surface area (Å²) in [5, 5.41) is 9.81. The van der Waals surface area contributed by atoms with Gasteiger partial charge in [-0.3, -0.25) is 23.4 Å². The lowest BCUT2D eigenvalue weighted by molar-refractivity contribution is -0.141. The Labute approximate surface area is 215 Å². The van der Waals surface area contributed by atoms with E-state index in [0.29, 0.717) is 48.2 Å². The van der Waals surface area contributed by atoms with E-state index < -0.39 is 11.9 Å². The second-order valence-electron chi connectivity index (χ2n) is 9.60. The Balaban J connectivity index is 1.73. The highest BCUT2D eigenvalue weighted by molar-refractivity contribution is 6.30. The van der Waals surface area contributed by atoms with Gasteiger partial charge in [0.2, 0.25) is 5.78 Å².